The molecule has 0 N–H and O–H groups in total. The Hall–Kier alpha value is -1.28. The number of thioether (sulfide) groups is 1. The molecule has 0 aliphatic heterocycles. The predicted molar refractivity (Wildman–Crippen MR) is 73.6 cm³/mol. The van der Waals surface area contributed by atoms with Crippen LogP contribution in [-0.4, -0.2) is 34.1 Å². The van der Waals surface area contributed by atoms with Gasteiger partial charge in [0.05, 0.1) is 12.0 Å². The first-order chi connectivity index (χ1) is 9.08. The van der Waals surface area contributed by atoms with Gasteiger partial charge < -0.3 is 4.42 Å². The number of furan rings is 1. The molecule has 2 aromatic heterocycles. The fourth-order valence-electron chi connectivity index (χ4n) is 1.54. The molecule has 0 spiro atoms. The van der Waals surface area contributed by atoms with E-state index in [1.165, 1.54) is 18.0 Å². The third-order valence-corrected chi connectivity index (χ3v) is 4.92. The summed E-state index contributed by atoms with van der Waals surface area (Å²) < 4.78 is 30.5. The van der Waals surface area contributed by atoms with E-state index in [2.05, 4.69) is 10.1 Å². The van der Waals surface area contributed by atoms with E-state index in [1.54, 1.807) is 12.1 Å². The summed E-state index contributed by atoms with van der Waals surface area (Å²) in [6.07, 6.45) is 2.04. The maximum atomic E-state index is 12.1. The second-order valence-corrected chi connectivity index (χ2v) is 6.94. The Morgan fingerprint density at radius 3 is 2.79 bits per heavy atom. The fraction of sp³-hybridized carbons (Fsp3) is 0.455. The van der Waals surface area contributed by atoms with Gasteiger partial charge in [-0.3, -0.25) is 0 Å². The van der Waals surface area contributed by atoms with Crippen LogP contribution in [0.5, 0.6) is 0 Å². The first-order valence-corrected chi connectivity index (χ1v) is 8.55. The number of hydrogen-bond donors (Lipinski definition) is 0. The van der Waals surface area contributed by atoms with Crippen molar-refractivity contribution < 1.29 is 12.8 Å². The van der Waals surface area contributed by atoms with Gasteiger partial charge in [0, 0.05) is 0 Å². The number of aromatic nitrogens is 3. The Kier molecular flexibility index (Phi) is 4.31. The van der Waals surface area contributed by atoms with Crippen LogP contribution in [0, 0.1) is 0 Å². The predicted octanol–water partition coefficient (Wildman–Crippen LogP) is 2.24. The monoisotopic (exact) mass is 301 g/mol. The Balaban J connectivity index is 2.47. The summed E-state index contributed by atoms with van der Waals surface area (Å²) in [4.78, 5) is 4.23. The summed E-state index contributed by atoms with van der Waals surface area (Å²) in [5.41, 5.74) is 0. The van der Waals surface area contributed by atoms with Crippen molar-refractivity contribution in [3.8, 4) is 11.6 Å². The molecule has 0 saturated heterocycles. The standard InChI is InChI=1S/C11H15N3O3S2/c1-3-8-19(15,16)14-11(18-4-2)12-10(13-14)9-6-5-7-17-9/h5-7H,3-4,8H2,1-2H3. The highest BCUT2D eigenvalue weighted by atomic mass is 32.2. The second kappa shape index (κ2) is 5.79. The van der Waals surface area contributed by atoms with E-state index in [4.69, 9.17) is 4.42 Å². The highest BCUT2D eigenvalue weighted by Gasteiger charge is 2.22. The molecule has 0 saturated carbocycles. The van der Waals surface area contributed by atoms with Crippen molar-refractivity contribution in [2.45, 2.75) is 25.4 Å². The van der Waals surface area contributed by atoms with Crippen molar-refractivity contribution in [2.24, 2.45) is 0 Å². The molecule has 8 heteroatoms. The molecule has 0 unspecified atom stereocenters. The lowest BCUT2D eigenvalue weighted by Crippen LogP contribution is -2.18. The largest absolute Gasteiger partial charge is 0.461 e. The molecule has 0 bridgehead atoms. The van der Waals surface area contributed by atoms with Gasteiger partial charge in [0.1, 0.15) is 0 Å². The van der Waals surface area contributed by atoms with Crippen molar-refractivity contribution in [3.05, 3.63) is 18.4 Å². The summed E-state index contributed by atoms with van der Waals surface area (Å²) in [7, 11) is -3.45. The van der Waals surface area contributed by atoms with Gasteiger partial charge in [-0.2, -0.15) is 4.98 Å². The Bertz CT molecular complexity index is 632. The molecule has 2 heterocycles. The van der Waals surface area contributed by atoms with Gasteiger partial charge in [-0.05, 0) is 24.3 Å². The van der Waals surface area contributed by atoms with Crippen LogP contribution >= 0.6 is 11.8 Å². The highest BCUT2D eigenvalue weighted by molar-refractivity contribution is 7.99. The van der Waals surface area contributed by atoms with Crippen LogP contribution in [0.2, 0.25) is 0 Å². The van der Waals surface area contributed by atoms with Crippen molar-refractivity contribution in [3.63, 3.8) is 0 Å². The van der Waals surface area contributed by atoms with Crippen molar-refractivity contribution in [1.82, 2.24) is 14.2 Å². The number of hydrogen-bond acceptors (Lipinski definition) is 6. The molecule has 104 valence electrons. The molecular formula is C11H15N3O3S2. The van der Waals surface area contributed by atoms with Crippen LogP contribution in [0.4, 0.5) is 0 Å². The van der Waals surface area contributed by atoms with Crippen LogP contribution in [0.1, 0.15) is 20.3 Å². The molecule has 2 rings (SSSR count). The van der Waals surface area contributed by atoms with Crippen molar-refractivity contribution in [2.75, 3.05) is 11.5 Å². The van der Waals surface area contributed by atoms with Crippen molar-refractivity contribution >= 4 is 21.8 Å². The lowest BCUT2D eigenvalue weighted by atomic mass is 10.4. The first kappa shape index (κ1) is 14.1. The minimum absolute atomic E-state index is 0.0469. The van der Waals surface area contributed by atoms with Crippen LogP contribution < -0.4 is 0 Å². The van der Waals surface area contributed by atoms with Crippen LogP contribution in [-0.2, 0) is 10.0 Å². The maximum Gasteiger partial charge on any atom is 0.256 e. The van der Waals surface area contributed by atoms with E-state index in [0.29, 0.717) is 23.2 Å². The molecule has 6 nitrogen and oxygen atoms in total. The maximum absolute atomic E-state index is 12.1. The molecule has 0 aromatic carbocycles. The third kappa shape index (κ3) is 3.01. The van der Waals surface area contributed by atoms with Gasteiger partial charge in [0.25, 0.3) is 10.0 Å². The van der Waals surface area contributed by atoms with Gasteiger partial charge in [0.15, 0.2) is 5.76 Å². The quantitative estimate of drug-likeness (QED) is 0.761. The molecule has 2 aromatic rings. The van der Waals surface area contributed by atoms with Gasteiger partial charge in [-0.15, -0.1) is 9.19 Å². The van der Waals surface area contributed by atoms with E-state index < -0.39 is 10.0 Å². The molecule has 0 aliphatic rings. The normalized spacial score (nSPS) is 11.9. The Labute approximate surface area is 116 Å². The van der Waals surface area contributed by atoms with E-state index >= 15 is 0 Å². The second-order valence-electron chi connectivity index (χ2n) is 3.79. The molecule has 19 heavy (non-hydrogen) atoms. The SMILES string of the molecule is CCCS(=O)(=O)n1nc(-c2ccco2)nc1SCC. The lowest BCUT2D eigenvalue weighted by Gasteiger charge is -2.04. The van der Waals surface area contributed by atoms with Crippen molar-refractivity contribution in [1.29, 1.82) is 0 Å². The van der Waals surface area contributed by atoms with Gasteiger partial charge in [-0.25, -0.2) is 8.42 Å². The summed E-state index contributed by atoms with van der Waals surface area (Å²) in [6.45, 7) is 3.75. The molecule has 0 fully saturated rings. The van der Waals surface area contributed by atoms with E-state index in [1.807, 2.05) is 13.8 Å². The number of nitrogens with zero attached hydrogens (tertiary/aromatic N) is 3. The summed E-state index contributed by atoms with van der Waals surface area (Å²) >= 11 is 1.34. The van der Waals surface area contributed by atoms with Crippen LogP contribution in [0.25, 0.3) is 11.6 Å². The molecular weight excluding hydrogens is 286 g/mol. The smallest absolute Gasteiger partial charge is 0.256 e. The Morgan fingerprint density at radius 1 is 1.42 bits per heavy atom. The van der Waals surface area contributed by atoms with E-state index in [0.717, 1.165) is 9.84 Å². The molecule has 0 radical (unpaired) electrons. The first-order valence-electron chi connectivity index (χ1n) is 5.95. The minimum Gasteiger partial charge on any atom is -0.461 e. The third-order valence-electron chi connectivity index (χ3n) is 2.29. The topological polar surface area (TPSA) is 78.0 Å². The average molecular weight is 301 g/mol. The zero-order valence-corrected chi connectivity index (χ0v) is 12.4. The van der Waals surface area contributed by atoms with Crippen LogP contribution in [0.3, 0.4) is 0 Å². The molecule has 0 atom stereocenters. The Morgan fingerprint density at radius 2 is 2.21 bits per heavy atom. The summed E-state index contributed by atoms with van der Waals surface area (Å²) in [6, 6.07) is 3.41. The highest BCUT2D eigenvalue weighted by Crippen LogP contribution is 2.23. The van der Waals surface area contributed by atoms with Gasteiger partial charge in [-0.1, -0.05) is 25.6 Å². The average Bonchev–Trinajstić information content (AvgIpc) is 2.96. The summed E-state index contributed by atoms with van der Waals surface area (Å²) in [5, 5.41) is 4.44. The zero-order valence-electron chi connectivity index (χ0n) is 10.7. The summed E-state index contributed by atoms with van der Waals surface area (Å²) in [5.74, 6) is 1.52. The minimum atomic E-state index is -3.45. The molecule has 0 aliphatic carbocycles. The fourth-order valence-corrected chi connectivity index (χ4v) is 3.77. The van der Waals surface area contributed by atoms with E-state index in [9.17, 15) is 8.42 Å². The lowest BCUT2D eigenvalue weighted by molar-refractivity contribution is 0.569. The van der Waals surface area contributed by atoms with E-state index in [-0.39, 0.29) is 5.75 Å². The van der Waals surface area contributed by atoms with Crippen LogP contribution in [0.15, 0.2) is 28.0 Å². The number of rotatable bonds is 6. The molecule has 0 amide bonds. The van der Waals surface area contributed by atoms with Gasteiger partial charge >= 0.3 is 0 Å². The zero-order chi connectivity index (χ0) is 13.9. The van der Waals surface area contributed by atoms with Gasteiger partial charge in [0.2, 0.25) is 11.0 Å².